The Balaban J connectivity index is 1.42. The summed E-state index contributed by atoms with van der Waals surface area (Å²) in [6, 6.07) is 12.4. The number of methoxy groups -OCH3 is 1. The molecule has 0 fully saturated rings. The van der Waals surface area contributed by atoms with E-state index >= 15 is 0 Å². The van der Waals surface area contributed by atoms with Crippen LogP contribution in [0.4, 0.5) is 10.2 Å². The maximum absolute atomic E-state index is 13.0. The second kappa shape index (κ2) is 9.55. The first-order valence-electron chi connectivity index (χ1n) is 10.4. The van der Waals surface area contributed by atoms with Crippen LogP contribution in [0.15, 0.2) is 55.0 Å². The minimum atomic E-state index is -0.212. The van der Waals surface area contributed by atoms with Crippen LogP contribution in [-0.4, -0.2) is 38.4 Å². The maximum atomic E-state index is 13.0. The SMILES string of the molecule is COc1nc(-c2cc(C)c(NCCCc3ccc(F)cc3)nn2)ccc1-n1cnc(C)c1. The third-order valence-electron chi connectivity index (χ3n) is 5.12. The highest BCUT2D eigenvalue weighted by Gasteiger charge is 2.12. The fourth-order valence-electron chi connectivity index (χ4n) is 3.41. The monoisotopic (exact) mass is 432 g/mol. The largest absolute Gasteiger partial charge is 0.479 e. The van der Waals surface area contributed by atoms with E-state index in [2.05, 4.69) is 25.5 Å². The van der Waals surface area contributed by atoms with Crippen molar-refractivity contribution in [3.63, 3.8) is 0 Å². The first kappa shape index (κ1) is 21.4. The van der Waals surface area contributed by atoms with Crippen molar-refractivity contribution in [3.8, 4) is 23.0 Å². The molecule has 8 heteroatoms. The second-order valence-electron chi connectivity index (χ2n) is 7.57. The summed E-state index contributed by atoms with van der Waals surface area (Å²) < 4.78 is 20.4. The van der Waals surface area contributed by atoms with Gasteiger partial charge in [-0.25, -0.2) is 14.4 Å². The maximum Gasteiger partial charge on any atom is 0.238 e. The minimum Gasteiger partial charge on any atom is -0.479 e. The molecule has 4 rings (SSSR count). The molecule has 1 aromatic carbocycles. The number of hydrogen-bond acceptors (Lipinski definition) is 6. The van der Waals surface area contributed by atoms with Crippen molar-refractivity contribution in [2.75, 3.05) is 19.0 Å². The normalized spacial score (nSPS) is 10.9. The second-order valence-corrected chi connectivity index (χ2v) is 7.57. The number of rotatable bonds is 8. The highest BCUT2D eigenvalue weighted by molar-refractivity contribution is 5.61. The number of nitrogens with one attached hydrogen (secondary N) is 1. The molecule has 32 heavy (non-hydrogen) atoms. The Bertz CT molecular complexity index is 1210. The number of aromatic nitrogens is 5. The van der Waals surface area contributed by atoms with E-state index in [-0.39, 0.29) is 5.82 Å². The number of ether oxygens (including phenoxy) is 1. The molecule has 0 unspecified atom stereocenters. The average Bonchev–Trinajstić information content (AvgIpc) is 3.24. The molecule has 4 aromatic rings. The molecular weight excluding hydrogens is 407 g/mol. The molecule has 0 aliphatic rings. The lowest BCUT2D eigenvalue weighted by atomic mass is 10.1. The van der Waals surface area contributed by atoms with Crippen molar-refractivity contribution in [1.29, 1.82) is 0 Å². The van der Waals surface area contributed by atoms with Gasteiger partial charge in [-0.3, -0.25) is 0 Å². The van der Waals surface area contributed by atoms with E-state index in [9.17, 15) is 4.39 Å². The van der Waals surface area contributed by atoms with E-state index in [0.717, 1.165) is 47.7 Å². The summed E-state index contributed by atoms with van der Waals surface area (Å²) in [5.74, 6) is 1.02. The molecule has 3 aromatic heterocycles. The zero-order valence-corrected chi connectivity index (χ0v) is 18.3. The van der Waals surface area contributed by atoms with Crippen molar-refractivity contribution in [1.82, 2.24) is 24.7 Å². The summed E-state index contributed by atoms with van der Waals surface area (Å²) in [5.41, 5.74) is 5.17. The highest BCUT2D eigenvalue weighted by atomic mass is 19.1. The van der Waals surface area contributed by atoms with Crippen molar-refractivity contribution < 1.29 is 9.13 Å². The van der Waals surface area contributed by atoms with Gasteiger partial charge in [-0.1, -0.05) is 12.1 Å². The van der Waals surface area contributed by atoms with Crippen LogP contribution < -0.4 is 10.1 Å². The summed E-state index contributed by atoms with van der Waals surface area (Å²) >= 11 is 0. The molecule has 0 aliphatic heterocycles. The number of hydrogen-bond donors (Lipinski definition) is 1. The molecule has 0 aliphatic carbocycles. The van der Waals surface area contributed by atoms with Crippen LogP contribution >= 0.6 is 0 Å². The molecule has 0 saturated heterocycles. The Morgan fingerprint density at radius 1 is 1.03 bits per heavy atom. The van der Waals surface area contributed by atoms with Crippen molar-refractivity contribution in [2.24, 2.45) is 0 Å². The summed E-state index contributed by atoms with van der Waals surface area (Å²) in [5, 5.41) is 12.0. The van der Waals surface area contributed by atoms with Crippen molar-refractivity contribution in [2.45, 2.75) is 26.7 Å². The fraction of sp³-hybridized carbons (Fsp3) is 0.250. The van der Waals surface area contributed by atoms with E-state index < -0.39 is 0 Å². The summed E-state index contributed by atoms with van der Waals surface area (Å²) in [6.07, 6.45) is 5.42. The van der Waals surface area contributed by atoms with Crippen LogP contribution in [0.1, 0.15) is 23.2 Å². The van der Waals surface area contributed by atoms with Gasteiger partial charge in [0, 0.05) is 12.7 Å². The minimum absolute atomic E-state index is 0.212. The van der Waals surface area contributed by atoms with Gasteiger partial charge in [-0.15, -0.1) is 10.2 Å². The number of benzene rings is 1. The zero-order chi connectivity index (χ0) is 22.5. The van der Waals surface area contributed by atoms with Gasteiger partial charge in [-0.05, 0) is 68.1 Å². The first-order valence-corrected chi connectivity index (χ1v) is 10.4. The molecule has 1 N–H and O–H groups in total. The lowest BCUT2D eigenvalue weighted by Gasteiger charge is -2.11. The molecule has 0 radical (unpaired) electrons. The number of aryl methyl sites for hydroxylation is 3. The number of imidazole rings is 1. The first-order chi connectivity index (χ1) is 15.5. The van der Waals surface area contributed by atoms with Crippen molar-refractivity contribution in [3.05, 3.63) is 77.6 Å². The number of anilines is 1. The van der Waals surface area contributed by atoms with E-state index in [1.54, 1.807) is 13.4 Å². The molecule has 0 saturated carbocycles. The number of nitrogens with zero attached hydrogens (tertiary/aromatic N) is 5. The molecule has 7 nitrogen and oxygen atoms in total. The Hall–Kier alpha value is -3.81. The quantitative estimate of drug-likeness (QED) is 0.412. The fourth-order valence-corrected chi connectivity index (χ4v) is 3.41. The molecular formula is C24H25FN6O. The van der Waals surface area contributed by atoms with Gasteiger partial charge in [0.15, 0.2) is 5.82 Å². The topological polar surface area (TPSA) is 77.8 Å². The highest BCUT2D eigenvalue weighted by Crippen LogP contribution is 2.26. The van der Waals surface area contributed by atoms with Crippen LogP contribution in [0.25, 0.3) is 17.1 Å². The average molecular weight is 433 g/mol. The van der Waals surface area contributed by atoms with Gasteiger partial charge in [0.1, 0.15) is 17.2 Å². The lowest BCUT2D eigenvalue weighted by Crippen LogP contribution is -2.08. The van der Waals surface area contributed by atoms with E-state index in [1.165, 1.54) is 12.1 Å². The van der Waals surface area contributed by atoms with Crippen molar-refractivity contribution >= 4 is 5.82 Å². The molecule has 3 heterocycles. The van der Waals surface area contributed by atoms with E-state index in [0.29, 0.717) is 17.3 Å². The summed E-state index contributed by atoms with van der Waals surface area (Å²) in [4.78, 5) is 8.87. The van der Waals surface area contributed by atoms with E-state index in [1.807, 2.05) is 54.9 Å². The number of halogens is 1. The molecule has 0 amide bonds. The van der Waals surface area contributed by atoms with Crippen LogP contribution in [0.3, 0.4) is 0 Å². The Kier molecular flexibility index (Phi) is 6.39. The Morgan fingerprint density at radius 3 is 2.53 bits per heavy atom. The van der Waals surface area contributed by atoms with Crippen LogP contribution in [0.5, 0.6) is 5.88 Å². The summed E-state index contributed by atoms with van der Waals surface area (Å²) in [6.45, 7) is 4.67. The standard InChI is InChI=1S/C24H25FN6O/c1-16-13-21(20-10-11-22(24(28-20)32-3)31-14-17(2)27-15-31)29-30-23(16)26-12-4-5-18-6-8-19(25)9-7-18/h6-11,13-15H,4-5,12H2,1-3H3,(H,26,30). The van der Waals surface area contributed by atoms with Crippen LogP contribution in [-0.2, 0) is 6.42 Å². The Morgan fingerprint density at radius 2 is 1.84 bits per heavy atom. The van der Waals surface area contributed by atoms with Gasteiger partial charge < -0.3 is 14.6 Å². The van der Waals surface area contributed by atoms with Gasteiger partial charge in [0.05, 0.1) is 24.8 Å². The number of pyridine rings is 1. The van der Waals surface area contributed by atoms with Gasteiger partial charge in [0.2, 0.25) is 5.88 Å². The lowest BCUT2D eigenvalue weighted by molar-refractivity contribution is 0.396. The molecule has 0 spiro atoms. The van der Waals surface area contributed by atoms with E-state index in [4.69, 9.17) is 4.74 Å². The van der Waals surface area contributed by atoms with Gasteiger partial charge in [-0.2, -0.15) is 0 Å². The zero-order valence-electron chi connectivity index (χ0n) is 18.3. The predicted octanol–water partition coefficient (Wildman–Crippen LogP) is 4.53. The smallest absolute Gasteiger partial charge is 0.238 e. The third kappa shape index (κ3) is 4.91. The van der Waals surface area contributed by atoms with Crippen LogP contribution in [0.2, 0.25) is 0 Å². The third-order valence-corrected chi connectivity index (χ3v) is 5.12. The Labute approximate surface area is 186 Å². The molecule has 0 bridgehead atoms. The molecule has 164 valence electrons. The van der Waals surface area contributed by atoms with Gasteiger partial charge in [0.25, 0.3) is 0 Å². The molecule has 0 atom stereocenters. The van der Waals surface area contributed by atoms with Gasteiger partial charge >= 0.3 is 0 Å². The van der Waals surface area contributed by atoms with Crippen LogP contribution in [0, 0.1) is 19.7 Å². The summed E-state index contributed by atoms with van der Waals surface area (Å²) in [7, 11) is 1.59. The predicted molar refractivity (Wildman–Crippen MR) is 122 cm³/mol.